The van der Waals surface area contributed by atoms with Crippen molar-refractivity contribution in [3.05, 3.63) is 26.9 Å². The summed E-state index contributed by atoms with van der Waals surface area (Å²) in [5.74, 6) is 0.853. The maximum absolute atomic E-state index is 11.7. The van der Waals surface area contributed by atoms with Crippen LogP contribution >= 0.6 is 11.6 Å². The average molecular weight is 243 g/mol. The highest BCUT2D eigenvalue weighted by Gasteiger charge is 2.11. The maximum Gasteiger partial charge on any atom is 0.269 e. The number of nitrogens with one attached hydrogen (secondary N) is 1. The van der Waals surface area contributed by atoms with E-state index in [1.807, 2.05) is 0 Å². The van der Waals surface area contributed by atoms with Crippen LogP contribution < -0.4 is 5.56 Å². The molecule has 0 amide bonds. The number of halogens is 1. The molecule has 0 aliphatic carbocycles. The molecule has 0 atom stereocenters. The molecule has 0 saturated heterocycles. The first kappa shape index (κ1) is 13.2. The van der Waals surface area contributed by atoms with Gasteiger partial charge in [-0.15, -0.1) is 0 Å². The lowest BCUT2D eigenvalue weighted by molar-refractivity contribution is 0.612. The van der Waals surface area contributed by atoms with Crippen LogP contribution in [-0.4, -0.2) is 9.97 Å². The molecule has 4 heteroatoms. The highest BCUT2D eigenvalue weighted by atomic mass is 35.5. The van der Waals surface area contributed by atoms with E-state index in [1.54, 1.807) is 0 Å². The Morgan fingerprint density at radius 1 is 1.19 bits per heavy atom. The fraction of sp³-hybridized carbons (Fsp3) is 0.667. The van der Waals surface area contributed by atoms with Crippen molar-refractivity contribution < 1.29 is 0 Å². The summed E-state index contributed by atoms with van der Waals surface area (Å²) < 4.78 is 0. The van der Waals surface area contributed by atoms with Crippen LogP contribution in [0.5, 0.6) is 0 Å². The molecule has 0 aliphatic rings. The zero-order valence-corrected chi connectivity index (χ0v) is 11.1. The second-order valence-electron chi connectivity index (χ2n) is 4.98. The van der Waals surface area contributed by atoms with E-state index in [9.17, 15) is 4.79 Å². The molecule has 0 aliphatic heterocycles. The Morgan fingerprint density at radius 2 is 1.75 bits per heavy atom. The third kappa shape index (κ3) is 3.63. The van der Waals surface area contributed by atoms with E-state index >= 15 is 0 Å². The van der Waals surface area contributed by atoms with Crippen LogP contribution in [0.3, 0.4) is 0 Å². The van der Waals surface area contributed by atoms with Gasteiger partial charge in [-0.1, -0.05) is 39.3 Å². The molecule has 0 unspecified atom stereocenters. The van der Waals surface area contributed by atoms with Crippen molar-refractivity contribution in [3.63, 3.8) is 0 Å². The molecule has 1 N–H and O–H groups in total. The van der Waals surface area contributed by atoms with Gasteiger partial charge in [0.1, 0.15) is 10.8 Å². The van der Waals surface area contributed by atoms with Crippen molar-refractivity contribution in [1.29, 1.82) is 0 Å². The topological polar surface area (TPSA) is 45.8 Å². The number of hydrogen-bond acceptors (Lipinski definition) is 2. The summed E-state index contributed by atoms with van der Waals surface area (Å²) in [4.78, 5) is 18.8. The summed E-state index contributed by atoms with van der Waals surface area (Å²) in [5, 5.41) is 0.434. The molecule has 0 fully saturated rings. The molecule has 0 radical (unpaired) electrons. The number of aromatic amines is 1. The molecular formula is C12H19ClN2O. The van der Waals surface area contributed by atoms with Crippen LogP contribution in [0.2, 0.25) is 5.15 Å². The quantitative estimate of drug-likeness (QED) is 0.883. The van der Waals surface area contributed by atoms with Gasteiger partial charge in [0, 0.05) is 0 Å². The summed E-state index contributed by atoms with van der Waals surface area (Å²) in [7, 11) is 0. The zero-order valence-electron chi connectivity index (χ0n) is 10.3. The molecule has 16 heavy (non-hydrogen) atoms. The largest absolute Gasteiger partial charge is 0.322 e. The molecule has 90 valence electrons. The first-order valence-electron chi connectivity index (χ1n) is 5.67. The SMILES string of the molecule is CC(C)Cc1[nH]c(=O)c(CC(C)C)nc1Cl. The van der Waals surface area contributed by atoms with E-state index in [0.29, 0.717) is 29.1 Å². The molecule has 0 spiro atoms. The number of aromatic nitrogens is 2. The minimum atomic E-state index is -0.103. The Bertz CT molecular complexity index is 410. The molecule has 0 aromatic carbocycles. The van der Waals surface area contributed by atoms with E-state index in [-0.39, 0.29) is 5.56 Å². The zero-order chi connectivity index (χ0) is 12.3. The maximum atomic E-state index is 11.7. The number of rotatable bonds is 4. The van der Waals surface area contributed by atoms with Crippen molar-refractivity contribution in [2.24, 2.45) is 11.8 Å². The van der Waals surface area contributed by atoms with E-state index in [4.69, 9.17) is 11.6 Å². The third-order valence-electron chi connectivity index (χ3n) is 2.22. The molecule has 0 bridgehead atoms. The van der Waals surface area contributed by atoms with E-state index in [0.717, 1.165) is 12.1 Å². The van der Waals surface area contributed by atoms with Crippen molar-refractivity contribution in [3.8, 4) is 0 Å². The molecule has 1 rings (SSSR count). The van der Waals surface area contributed by atoms with Gasteiger partial charge in [0.15, 0.2) is 0 Å². The van der Waals surface area contributed by atoms with Crippen molar-refractivity contribution in [2.45, 2.75) is 40.5 Å². The molecule has 0 saturated carbocycles. The summed E-state index contributed by atoms with van der Waals surface area (Å²) >= 11 is 6.05. The van der Waals surface area contributed by atoms with Crippen molar-refractivity contribution >= 4 is 11.6 Å². The summed E-state index contributed by atoms with van der Waals surface area (Å²) in [5.41, 5.74) is 1.18. The molecular weight excluding hydrogens is 224 g/mol. The van der Waals surface area contributed by atoms with Gasteiger partial charge < -0.3 is 4.98 Å². The smallest absolute Gasteiger partial charge is 0.269 e. The van der Waals surface area contributed by atoms with Crippen LogP contribution in [-0.2, 0) is 12.8 Å². The Balaban J connectivity index is 3.02. The highest BCUT2D eigenvalue weighted by Crippen LogP contribution is 2.14. The van der Waals surface area contributed by atoms with E-state index < -0.39 is 0 Å². The van der Waals surface area contributed by atoms with Gasteiger partial charge >= 0.3 is 0 Å². The molecule has 1 heterocycles. The van der Waals surface area contributed by atoms with Gasteiger partial charge in [0.25, 0.3) is 5.56 Å². The fourth-order valence-electron chi connectivity index (χ4n) is 1.57. The van der Waals surface area contributed by atoms with E-state index in [1.165, 1.54) is 0 Å². The van der Waals surface area contributed by atoms with Crippen LogP contribution in [0.25, 0.3) is 0 Å². The second kappa shape index (κ2) is 5.48. The standard InChI is InChI=1S/C12H19ClN2O/c1-7(2)5-9-11(13)14-10(6-8(3)4)12(16)15-9/h7-8H,5-6H2,1-4H3,(H,15,16). The van der Waals surface area contributed by atoms with Crippen molar-refractivity contribution in [2.75, 3.05) is 0 Å². The van der Waals surface area contributed by atoms with Gasteiger partial charge in [0.2, 0.25) is 0 Å². The summed E-state index contributed by atoms with van der Waals surface area (Å²) in [6.45, 7) is 8.27. The Kier molecular flexibility index (Phi) is 4.54. The predicted octanol–water partition coefficient (Wildman–Crippen LogP) is 2.82. The van der Waals surface area contributed by atoms with Gasteiger partial charge in [0.05, 0.1) is 5.69 Å². The number of H-pyrrole nitrogens is 1. The molecule has 1 aromatic heterocycles. The summed E-state index contributed by atoms with van der Waals surface area (Å²) in [6, 6.07) is 0. The van der Waals surface area contributed by atoms with Gasteiger partial charge in [-0.25, -0.2) is 4.98 Å². The Hall–Kier alpha value is -0.830. The third-order valence-corrected chi connectivity index (χ3v) is 2.54. The van der Waals surface area contributed by atoms with Gasteiger partial charge in [-0.2, -0.15) is 0 Å². The lowest BCUT2D eigenvalue weighted by Crippen LogP contribution is -2.20. The Labute approximate surface area is 101 Å². The summed E-state index contributed by atoms with van der Waals surface area (Å²) in [6.07, 6.45) is 1.42. The monoisotopic (exact) mass is 242 g/mol. The average Bonchev–Trinajstić information content (AvgIpc) is 2.11. The fourth-order valence-corrected chi connectivity index (χ4v) is 1.79. The van der Waals surface area contributed by atoms with Crippen molar-refractivity contribution in [1.82, 2.24) is 9.97 Å². The number of hydrogen-bond donors (Lipinski definition) is 1. The second-order valence-corrected chi connectivity index (χ2v) is 5.34. The molecule has 1 aromatic rings. The van der Waals surface area contributed by atoms with Crippen LogP contribution in [0, 0.1) is 11.8 Å². The first-order chi connectivity index (χ1) is 7.40. The van der Waals surface area contributed by atoms with Gasteiger partial charge in [-0.3, -0.25) is 4.79 Å². The predicted molar refractivity (Wildman–Crippen MR) is 67.0 cm³/mol. The van der Waals surface area contributed by atoms with E-state index in [2.05, 4.69) is 37.7 Å². The van der Waals surface area contributed by atoms with Crippen LogP contribution in [0.15, 0.2) is 4.79 Å². The van der Waals surface area contributed by atoms with Crippen LogP contribution in [0.4, 0.5) is 0 Å². The lowest BCUT2D eigenvalue weighted by Gasteiger charge is -2.09. The van der Waals surface area contributed by atoms with Gasteiger partial charge in [-0.05, 0) is 24.7 Å². The number of nitrogens with zero attached hydrogens (tertiary/aromatic N) is 1. The lowest BCUT2D eigenvalue weighted by atomic mass is 10.1. The highest BCUT2D eigenvalue weighted by molar-refractivity contribution is 6.30. The molecule has 3 nitrogen and oxygen atoms in total. The minimum absolute atomic E-state index is 0.103. The van der Waals surface area contributed by atoms with Crippen LogP contribution in [0.1, 0.15) is 39.1 Å². The minimum Gasteiger partial charge on any atom is -0.322 e. The normalized spacial score (nSPS) is 11.4. The Morgan fingerprint density at radius 3 is 2.25 bits per heavy atom. The first-order valence-corrected chi connectivity index (χ1v) is 6.05.